The summed E-state index contributed by atoms with van der Waals surface area (Å²) in [5.74, 6) is 2.68. The Bertz CT molecular complexity index is 956. The van der Waals surface area contributed by atoms with Gasteiger partial charge in [-0.1, -0.05) is 0 Å². The van der Waals surface area contributed by atoms with Crippen molar-refractivity contribution in [3.63, 3.8) is 0 Å². The zero-order chi connectivity index (χ0) is 21.3. The second-order valence-electron chi connectivity index (χ2n) is 7.07. The molecule has 4 rings (SSSR count). The standard InChI is InChI=1S/C22H24O5S3/c1-25-15-9-12(10-16(26-2)19(15)27-3)17-13-5-8-30-20(13)21-14(18(17)22(23)24)11-28-6-4-7-29-21/h5,8-10,17-18H,4,6-7,11H2,1-3H3,(H,23,24)/t17-,18-/m1/s1. The van der Waals surface area contributed by atoms with Crippen LogP contribution in [0.25, 0.3) is 4.91 Å². The Hall–Kier alpha value is -1.77. The fourth-order valence-corrected chi connectivity index (χ4v) is 7.87. The van der Waals surface area contributed by atoms with Crippen molar-refractivity contribution in [3.05, 3.63) is 45.2 Å². The van der Waals surface area contributed by atoms with Gasteiger partial charge in [0.05, 0.1) is 27.2 Å². The summed E-state index contributed by atoms with van der Waals surface area (Å²) in [5.41, 5.74) is 2.96. The van der Waals surface area contributed by atoms with E-state index in [-0.39, 0.29) is 5.92 Å². The summed E-state index contributed by atoms with van der Waals surface area (Å²) in [4.78, 5) is 15.0. The summed E-state index contributed by atoms with van der Waals surface area (Å²) in [5, 5.41) is 12.4. The predicted molar refractivity (Wildman–Crippen MR) is 125 cm³/mol. The third-order valence-electron chi connectivity index (χ3n) is 5.49. The van der Waals surface area contributed by atoms with Crippen LogP contribution in [-0.4, -0.2) is 49.7 Å². The number of benzene rings is 1. The molecule has 0 saturated carbocycles. The molecule has 2 heterocycles. The number of carboxylic acid groups (broad SMARTS) is 1. The molecule has 0 bridgehead atoms. The van der Waals surface area contributed by atoms with Crippen molar-refractivity contribution in [2.75, 3.05) is 38.6 Å². The number of thiophene rings is 1. The van der Waals surface area contributed by atoms with Crippen molar-refractivity contribution in [2.24, 2.45) is 5.92 Å². The minimum Gasteiger partial charge on any atom is -0.493 e. The molecule has 1 aliphatic heterocycles. The van der Waals surface area contributed by atoms with E-state index in [9.17, 15) is 9.90 Å². The number of fused-ring (bicyclic) bond motifs is 2. The molecule has 1 aromatic carbocycles. The Labute approximate surface area is 188 Å². The van der Waals surface area contributed by atoms with Gasteiger partial charge in [0.1, 0.15) is 0 Å². The zero-order valence-corrected chi connectivity index (χ0v) is 19.5. The summed E-state index contributed by atoms with van der Waals surface area (Å²) in [6.45, 7) is 0. The summed E-state index contributed by atoms with van der Waals surface area (Å²) in [6, 6.07) is 5.84. The Kier molecular flexibility index (Phi) is 6.55. The maximum atomic E-state index is 12.6. The molecule has 1 aromatic heterocycles. The average molecular weight is 465 g/mol. The first-order valence-electron chi connectivity index (χ1n) is 9.64. The van der Waals surface area contributed by atoms with E-state index in [1.54, 1.807) is 32.7 Å². The Morgan fingerprint density at radius 3 is 2.47 bits per heavy atom. The lowest BCUT2D eigenvalue weighted by Gasteiger charge is -2.34. The number of hydrogen-bond acceptors (Lipinski definition) is 7. The maximum absolute atomic E-state index is 12.6. The topological polar surface area (TPSA) is 65.0 Å². The highest BCUT2D eigenvalue weighted by Gasteiger charge is 2.42. The van der Waals surface area contributed by atoms with Gasteiger partial charge in [-0.2, -0.15) is 11.8 Å². The van der Waals surface area contributed by atoms with E-state index in [0.29, 0.717) is 17.2 Å². The largest absolute Gasteiger partial charge is 0.493 e. The Balaban J connectivity index is 1.93. The second kappa shape index (κ2) is 9.16. The minimum absolute atomic E-state index is 0.308. The summed E-state index contributed by atoms with van der Waals surface area (Å²) in [6.07, 6.45) is 1.14. The van der Waals surface area contributed by atoms with Gasteiger partial charge in [0, 0.05) is 21.5 Å². The lowest BCUT2D eigenvalue weighted by molar-refractivity contribution is -0.140. The molecule has 0 radical (unpaired) electrons. The quantitative estimate of drug-likeness (QED) is 0.652. The van der Waals surface area contributed by atoms with Crippen LogP contribution in [-0.2, 0) is 4.79 Å². The average Bonchev–Trinajstić information content (AvgIpc) is 3.21. The molecule has 5 nitrogen and oxygen atoms in total. The Morgan fingerprint density at radius 1 is 1.10 bits per heavy atom. The fraction of sp³-hybridized carbons (Fsp3) is 0.409. The molecule has 8 heteroatoms. The van der Waals surface area contributed by atoms with Gasteiger partial charge in [0.2, 0.25) is 5.75 Å². The third kappa shape index (κ3) is 3.69. The van der Waals surface area contributed by atoms with E-state index >= 15 is 0 Å². The van der Waals surface area contributed by atoms with Crippen LogP contribution in [0.15, 0.2) is 29.2 Å². The van der Waals surface area contributed by atoms with Crippen LogP contribution in [0.1, 0.15) is 28.3 Å². The van der Waals surface area contributed by atoms with Crippen molar-refractivity contribution in [3.8, 4) is 17.2 Å². The highest BCUT2D eigenvalue weighted by atomic mass is 32.2. The highest BCUT2D eigenvalue weighted by molar-refractivity contribution is 8.08. The number of hydrogen-bond donors (Lipinski definition) is 1. The van der Waals surface area contributed by atoms with Crippen LogP contribution < -0.4 is 14.2 Å². The Morgan fingerprint density at radius 2 is 1.83 bits per heavy atom. The van der Waals surface area contributed by atoms with Gasteiger partial charge in [-0.15, -0.1) is 23.1 Å². The molecule has 0 fully saturated rings. The summed E-state index contributed by atoms with van der Waals surface area (Å²) < 4.78 is 16.6. The van der Waals surface area contributed by atoms with Crippen molar-refractivity contribution < 1.29 is 24.1 Å². The molecule has 0 unspecified atom stereocenters. The van der Waals surface area contributed by atoms with Crippen LogP contribution in [0.2, 0.25) is 0 Å². The molecule has 1 aliphatic carbocycles. The van der Waals surface area contributed by atoms with Crippen molar-refractivity contribution in [1.29, 1.82) is 0 Å². The summed E-state index contributed by atoms with van der Waals surface area (Å²) in [7, 11) is 4.72. The first-order valence-corrected chi connectivity index (χ1v) is 12.7. The first-order chi connectivity index (χ1) is 14.6. The van der Waals surface area contributed by atoms with Gasteiger partial charge in [-0.05, 0) is 58.2 Å². The molecular weight excluding hydrogens is 440 g/mol. The van der Waals surface area contributed by atoms with Gasteiger partial charge < -0.3 is 19.3 Å². The van der Waals surface area contributed by atoms with Crippen molar-refractivity contribution >= 4 is 45.7 Å². The lowest BCUT2D eigenvalue weighted by Crippen LogP contribution is -2.30. The molecule has 1 N–H and O–H groups in total. The van der Waals surface area contributed by atoms with E-state index in [0.717, 1.165) is 40.4 Å². The first kappa shape index (κ1) is 21.5. The fourth-order valence-electron chi connectivity index (χ4n) is 4.19. The van der Waals surface area contributed by atoms with Crippen molar-refractivity contribution in [2.45, 2.75) is 12.3 Å². The van der Waals surface area contributed by atoms with Crippen LogP contribution >= 0.6 is 34.9 Å². The number of carboxylic acids is 1. The van der Waals surface area contributed by atoms with Gasteiger partial charge in [0.15, 0.2) is 11.5 Å². The van der Waals surface area contributed by atoms with Gasteiger partial charge >= 0.3 is 5.97 Å². The molecule has 30 heavy (non-hydrogen) atoms. The van der Waals surface area contributed by atoms with Gasteiger partial charge in [0.25, 0.3) is 0 Å². The van der Waals surface area contributed by atoms with Crippen LogP contribution in [0, 0.1) is 5.92 Å². The zero-order valence-electron chi connectivity index (χ0n) is 17.1. The van der Waals surface area contributed by atoms with Crippen LogP contribution in [0.5, 0.6) is 17.2 Å². The molecule has 0 spiro atoms. The minimum atomic E-state index is -0.792. The predicted octanol–water partition coefficient (Wildman–Crippen LogP) is 5.20. The molecule has 0 amide bonds. The molecule has 2 aliphatic rings. The van der Waals surface area contributed by atoms with E-state index < -0.39 is 11.9 Å². The monoisotopic (exact) mass is 464 g/mol. The van der Waals surface area contributed by atoms with Crippen LogP contribution in [0.3, 0.4) is 0 Å². The lowest BCUT2D eigenvalue weighted by atomic mass is 9.74. The number of aliphatic carboxylic acids is 1. The number of methoxy groups -OCH3 is 3. The van der Waals surface area contributed by atoms with E-state index in [4.69, 9.17) is 14.2 Å². The van der Waals surface area contributed by atoms with Gasteiger partial charge in [-0.3, -0.25) is 4.79 Å². The highest BCUT2D eigenvalue weighted by Crippen LogP contribution is 2.54. The SMILES string of the molecule is COc1cc([C@@H]2c3ccsc3C3=C(CSCCCS3)[C@H]2C(=O)O)cc(OC)c1OC. The normalized spacial score (nSPS) is 21.2. The van der Waals surface area contributed by atoms with Crippen LogP contribution in [0.4, 0.5) is 0 Å². The maximum Gasteiger partial charge on any atom is 0.311 e. The van der Waals surface area contributed by atoms with Crippen molar-refractivity contribution in [1.82, 2.24) is 0 Å². The smallest absolute Gasteiger partial charge is 0.311 e. The van der Waals surface area contributed by atoms with Gasteiger partial charge in [-0.25, -0.2) is 0 Å². The number of thioether (sulfide) groups is 2. The molecule has 2 atom stereocenters. The molecule has 160 valence electrons. The third-order valence-corrected chi connectivity index (χ3v) is 8.90. The molecule has 2 aromatic rings. The summed E-state index contributed by atoms with van der Waals surface area (Å²) >= 11 is 5.34. The van der Waals surface area contributed by atoms with E-state index in [1.165, 1.54) is 9.78 Å². The van der Waals surface area contributed by atoms with E-state index in [1.807, 2.05) is 35.7 Å². The molecular formula is C22H24O5S3. The van der Waals surface area contributed by atoms with E-state index in [2.05, 4.69) is 11.4 Å². The number of ether oxygens (including phenoxy) is 3. The molecule has 0 saturated heterocycles. The second-order valence-corrected chi connectivity index (χ2v) is 10.2. The number of carbonyl (C=O) groups is 1. The number of rotatable bonds is 5.